The molecule has 146 valence electrons. The Morgan fingerprint density at radius 3 is 2.68 bits per heavy atom. The monoisotopic (exact) mass is 423 g/mol. The summed E-state index contributed by atoms with van der Waals surface area (Å²) in [6.07, 6.45) is -0.00279. The summed E-state index contributed by atoms with van der Waals surface area (Å²) in [5.74, 6) is -1.07. The Morgan fingerprint density at radius 2 is 2.04 bits per heavy atom. The number of nitrogens with zero attached hydrogens (tertiary/aromatic N) is 2. The molecule has 1 heterocycles. The van der Waals surface area contributed by atoms with Crippen molar-refractivity contribution in [2.75, 3.05) is 23.9 Å². The minimum absolute atomic E-state index is 0.00279. The van der Waals surface area contributed by atoms with Crippen molar-refractivity contribution in [3.63, 3.8) is 0 Å². The molecule has 1 fully saturated rings. The number of rotatable bonds is 5. The lowest BCUT2D eigenvalue weighted by Crippen LogP contribution is -2.28. The number of hydrogen-bond donors (Lipinski definition) is 1. The third kappa shape index (κ3) is 4.02. The van der Waals surface area contributed by atoms with Crippen LogP contribution in [0.15, 0.2) is 36.4 Å². The number of methoxy groups -OCH3 is 1. The van der Waals surface area contributed by atoms with Crippen molar-refractivity contribution in [3.05, 3.63) is 56.6 Å². The maximum absolute atomic E-state index is 12.6. The van der Waals surface area contributed by atoms with Crippen molar-refractivity contribution in [2.45, 2.75) is 6.42 Å². The van der Waals surface area contributed by atoms with E-state index in [4.69, 9.17) is 27.9 Å². The molecule has 8 nitrogen and oxygen atoms in total. The fraction of sp³-hybridized carbons (Fsp3) is 0.222. The van der Waals surface area contributed by atoms with Crippen molar-refractivity contribution < 1.29 is 19.2 Å². The summed E-state index contributed by atoms with van der Waals surface area (Å²) >= 11 is 11.9. The first-order chi connectivity index (χ1) is 13.3. The van der Waals surface area contributed by atoms with E-state index in [-0.39, 0.29) is 36.2 Å². The van der Waals surface area contributed by atoms with Crippen LogP contribution in [0.5, 0.6) is 5.75 Å². The molecule has 0 radical (unpaired) electrons. The van der Waals surface area contributed by atoms with Crippen LogP contribution in [0.25, 0.3) is 0 Å². The maximum atomic E-state index is 12.6. The van der Waals surface area contributed by atoms with Gasteiger partial charge in [-0.1, -0.05) is 23.2 Å². The molecule has 10 heteroatoms. The van der Waals surface area contributed by atoms with Crippen LogP contribution in [0.3, 0.4) is 0 Å². The number of non-ortho nitro benzene ring substituents is 1. The van der Waals surface area contributed by atoms with E-state index in [0.29, 0.717) is 21.4 Å². The van der Waals surface area contributed by atoms with Gasteiger partial charge in [-0.25, -0.2) is 0 Å². The number of benzene rings is 2. The topological polar surface area (TPSA) is 102 Å². The Labute approximate surface area is 170 Å². The number of amides is 2. The predicted octanol–water partition coefficient (Wildman–Crippen LogP) is 3.90. The van der Waals surface area contributed by atoms with Gasteiger partial charge in [0.2, 0.25) is 11.8 Å². The highest BCUT2D eigenvalue weighted by Crippen LogP contribution is 2.36. The molecule has 1 saturated heterocycles. The molecular weight excluding hydrogens is 409 g/mol. The summed E-state index contributed by atoms with van der Waals surface area (Å²) < 4.78 is 5.19. The van der Waals surface area contributed by atoms with Gasteiger partial charge in [-0.05, 0) is 24.3 Å². The van der Waals surface area contributed by atoms with E-state index in [9.17, 15) is 19.7 Å². The van der Waals surface area contributed by atoms with Crippen LogP contribution < -0.4 is 15.0 Å². The lowest BCUT2D eigenvalue weighted by atomic mass is 10.1. The first kappa shape index (κ1) is 19.9. The summed E-state index contributed by atoms with van der Waals surface area (Å²) in [7, 11) is 1.36. The Balaban J connectivity index is 1.78. The van der Waals surface area contributed by atoms with Gasteiger partial charge in [0.1, 0.15) is 5.75 Å². The SMILES string of the molecule is COc1cc([N+](=O)[O-])ccc1N1C[C@H](C(=O)Nc2ccc(Cl)cc2Cl)CC1=O. The van der Waals surface area contributed by atoms with Crippen LogP contribution in [0, 0.1) is 16.0 Å². The minimum atomic E-state index is -0.612. The van der Waals surface area contributed by atoms with Crippen LogP contribution in [0.1, 0.15) is 6.42 Å². The molecule has 1 atom stereocenters. The molecule has 0 aliphatic carbocycles. The number of carbonyl (C=O) groups is 2. The van der Waals surface area contributed by atoms with Crippen LogP contribution in [-0.2, 0) is 9.59 Å². The van der Waals surface area contributed by atoms with Crippen LogP contribution in [-0.4, -0.2) is 30.4 Å². The van der Waals surface area contributed by atoms with Gasteiger partial charge in [-0.3, -0.25) is 19.7 Å². The molecule has 2 aromatic rings. The van der Waals surface area contributed by atoms with Crippen LogP contribution in [0.4, 0.5) is 17.1 Å². The second kappa shape index (κ2) is 8.04. The van der Waals surface area contributed by atoms with E-state index in [1.165, 1.54) is 36.3 Å². The number of nitro groups is 1. The predicted molar refractivity (Wildman–Crippen MR) is 105 cm³/mol. The quantitative estimate of drug-likeness (QED) is 0.580. The molecule has 2 aromatic carbocycles. The standard InChI is InChI=1S/C18H15Cl2N3O5/c1-28-16-8-12(23(26)27)3-5-15(16)22-9-10(6-17(22)24)18(25)21-14-4-2-11(19)7-13(14)20/h2-5,7-8,10H,6,9H2,1H3,(H,21,25)/t10-/m1/s1. The highest BCUT2D eigenvalue weighted by Gasteiger charge is 2.36. The Hall–Kier alpha value is -2.84. The number of nitro benzene ring substituents is 1. The summed E-state index contributed by atoms with van der Waals surface area (Å²) in [4.78, 5) is 36.8. The zero-order chi connectivity index (χ0) is 20.4. The second-order valence-corrected chi connectivity index (χ2v) is 6.98. The lowest BCUT2D eigenvalue weighted by Gasteiger charge is -2.19. The van der Waals surface area contributed by atoms with Crippen molar-refractivity contribution >= 4 is 52.1 Å². The smallest absolute Gasteiger partial charge is 0.273 e. The molecule has 0 spiro atoms. The van der Waals surface area contributed by atoms with Crippen LogP contribution in [0.2, 0.25) is 10.0 Å². The van der Waals surface area contributed by atoms with Gasteiger partial charge >= 0.3 is 0 Å². The van der Waals surface area contributed by atoms with Gasteiger partial charge in [-0.15, -0.1) is 0 Å². The number of anilines is 2. The molecule has 28 heavy (non-hydrogen) atoms. The number of nitrogens with one attached hydrogen (secondary N) is 1. The molecule has 0 aromatic heterocycles. The van der Waals surface area contributed by atoms with Gasteiger partial charge in [0.25, 0.3) is 5.69 Å². The molecule has 1 aliphatic heterocycles. The van der Waals surface area contributed by atoms with Crippen LogP contribution >= 0.6 is 23.2 Å². The summed E-state index contributed by atoms with van der Waals surface area (Å²) in [6.45, 7) is 0.115. The number of halogens is 2. The minimum Gasteiger partial charge on any atom is -0.494 e. The van der Waals surface area contributed by atoms with Gasteiger partial charge in [-0.2, -0.15) is 0 Å². The van der Waals surface area contributed by atoms with E-state index < -0.39 is 10.8 Å². The molecule has 1 aliphatic rings. The molecule has 0 unspecified atom stereocenters. The fourth-order valence-corrected chi connectivity index (χ4v) is 3.40. The van der Waals surface area contributed by atoms with E-state index in [2.05, 4.69) is 5.32 Å². The molecule has 3 rings (SSSR count). The highest BCUT2D eigenvalue weighted by atomic mass is 35.5. The van der Waals surface area contributed by atoms with Gasteiger partial charge in [0, 0.05) is 24.1 Å². The van der Waals surface area contributed by atoms with Gasteiger partial charge in [0.15, 0.2) is 0 Å². The summed E-state index contributed by atoms with van der Waals surface area (Å²) in [5, 5.41) is 14.4. The van der Waals surface area contributed by atoms with Gasteiger partial charge in [0.05, 0.1) is 40.4 Å². The lowest BCUT2D eigenvalue weighted by molar-refractivity contribution is -0.384. The summed E-state index contributed by atoms with van der Waals surface area (Å²) in [5.41, 5.74) is 0.617. The molecular formula is C18H15Cl2N3O5. The first-order valence-corrected chi connectivity index (χ1v) is 8.94. The van der Waals surface area contributed by atoms with Crippen molar-refractivity contribution in [1.82, 2.24) is 0 Å². The first-order valence-electron chi connectivity index (χ1n) is 8.19. The molecule has 1 N–H and O–H groups in total. The molecule has 0 saturated carbocycles. The molecule has 0 bridgehead atoms. The Bertz CT molecular complexity index is 966. The van der Waals surface area contributed by atoms with E-state index in [1.807, 2.05) is 0 Å². The number of carbonyl (C=O) groups excluding carboxylic acids is 2. The Morgan fingerprint density at radius 1 is 1.29 bits per heavy atom. The normalized spacial score (nSPS) is 16.2. The van der Waals surface area contributed by atoms with E-state index in [1.54, 1.807) is 12.1 Å². The number of hydrogen-bond acceptors (Lipinski definition) is 5. The highest BCUT2D eigenvalue weighted by molar-refractivity contribution is 6.36. The average Bonchev–Trinajstić information content (AvgIpc) is 3.05. The maximum Gasteiger partial charge on any atom is 0.273 e. The second-order valence-electron chi connectivity index (χ2n) is 6.13. The van der Waals surface area contributed by atoms with Gasteiger partial charge < -0.3 is 15.0 Å². The van der Waals surface area contributed by atoms with Crippen molar-refractivity contribution in [3.8, 4) is 5.75 Å². The number of ether oxygens (including phenoxy) is 1. The Kier molecular flexibility index (Phi) is 5.71. The van der Waals surface area contributed by atoms with E-state index >= 15 is 0 Å². The third-order valence-electron chi connectivity index (χ3n) is 4.35. The molecule has 2 amide bonds. The van der Waals surface area contributed by atoms with Crippen molar-refractivity contribution in [2.24, 2.45) is 5.92 Å². The fourth-order valence-electron chi connectivity index (χ4n) is 2.94. The zero-order valence-electron chi connectivity index (χ0n) is 14.6. The largest absolute Gasteiger partial charge is 0.494 e. The van der Waals surface area contributed by atoms with Crippen molar-refractivity contribution in [1.29, 1.82) is 0 Å². The summed E-state index contributed by atoms with van der Waals surface area (Å²) in [6, 6.07) is 8.64. The average molecular weight is 424 g/mol. The zero-order valence-corrected chi connectivity index (χ0v) is 16.2. The van der Waals surface area contributed by atoms with E-state index in [0.717, 1.165) is 0 Å². The third-order valence-corrected chi connectivity index (χ3v) is 4.90.